The largest absolute Gasteiger partial charge is 0.247 e. The van der Waals surface area contributed by atoms with Crippen LogP contribution in [0.4, 0.5) is 0 Å². The summed E-state index contributed by atoms with van der Waals surface area (Å²) < 4.78 is 0.719. The first kappa shape index (κ1) is 8.65. The van der Waals surface area contributed by atoms with Gasteiger partial charge in [0.25, 0.3) is 0 Å². The van der Waals surface area contributed by atoms with Crippen LogP contribution < -0.4 is 0 Å². The summed E-state index contributed by atoms with van der Waals surface area (Å²) in [5.74, 6) is 0. The Labute approximate surface area is 80.8 Å². The smallest absolute Gasteiger partial charge is 0.120 e. The van der Waals surface area contributed by atoms with Crippen LogP contribution in [0.3, 0.4) is 0 Å². The molecule has 0 saturated heterocycles. The Morgan fingerprint density at radius 2 is 2.30 bits per heavy atom. The topological polar surface area (TPSA) is 12.9 Å². The molecule has 0 saturated carbocycles. The first-order valence-corrected chi connectivity index (χ1v) is 5.15. The Balaban J connectivity index is 3.09. The van der Waals surface area contributed by atoms with E-state index in [9.17, 15) is 0 Å². The van der Waals surface area contributed by atoms with Gasteiger partial charge in [-0.3, -0.25) is 0 Å². The standard InChI is InChI=1S/C5H2BrCl2NS/c6-5-4(10-8)1-3(7)2-9-5/h1-2H. The molecule has 1 aromatic heterocycles. The Kier molecular flexibility index (Phi) is 3.30. The van der Waals surface area contributed by atoms with Crippen LogP contribution in [-0.4, -0.2) is 4.98 Å². The highest BCUT2D eigenvalue weighted by Gasteiger charge is 2.00. The highest BCUT2D eigenvalue weighted by molar-refractivity contribution is 9.10. The summed E-state index contributed by atoms with van der Waals surface area (Å²) in [6, 6.07) is 1.75. The van der Waals surface area contributed by atoms with Gasteiger partial charge in [-0.25, -0.2) is 4.98 Å². The Morgan fingerprint density at radius 1 is 1.60 bits per heavy atom. The molecule has 10 heavy (non-hydrogen) atoms. The summed E-state index contributed by atoms with van der Waals surface area (Å²) >= 11 is 8.86. The van der Waals surface area contributed by atoms with Crippen LogP contribution in [-0.2, 0) is 0 Å². The van der Waals surface area contributed by atoms with Crippen LogP contribution in [0.1, 0.15) is 0 Å². The molecular formula is C5H2BrCl2NS. The highest BCUT2D eigenvalue weighted by Crippen LogP contribution is 2.30. The summed E-state index contributed by atoms with van der Waals surface area (Å²) in [4.78, 5) is 4.76. The molecule has 0 aliphatic carbocycles. The zero-order valence-corrected chi connectivity index (χ0v) is 8.56. The third-order valence-corrected chi connectivity index (χ3v) is 2.93. The summed E-state index contributed by atoms with van der Waals surface area (Å²) in [6.45, 7) is 0. The van der Waals surface area contributed by atoms with Crippen LogP contribution in [0.2, 0.25) is 5.02 Å². The van der Waals surface area contributed by atoms with E-state index in [1.165, 1.54) is 0 Å². The second kappa shape index (κ2) is 3.81. The van der Waals surface area contributed by atoms with E-state index >= 15 is 0 Å². The molecule has 1 heterocycles. The van der Waals surface area contributed by atoms with Crippen LogP contribution in [0.15, 0.2) is 21.8 Å². The van der Waals surface area contributed by atoms with E-state index in [2.05, 4.69) is 20.9 Å². The molecular weight excluding hydrogens is 257 g/mol. The third kappa shape index (κ3) is 2.02. The molecule has 0 fully saturated rings. The number of hydrogen-bond donors (Lipinski definition) is 0. The number of aromatic nitrogens is 1. The van der Waals surface area contributed by atoms with E-state index in [0.29, 0.717) is 5.02 Å². The van der Waals surface area contributed by atoms with E-state index < -0.39 is 0 Å². The van der Waals surface area contributed by atoms with E-state index in [4.69, 9.17) is 22.3 Å². The molecule has 1 nitrogen and oxygen atoms in total. The zero-order chi connectivity index (χ0) is 7.56. The molecule has 54 valence electrons. The van der Waals surface area contributed by atoms with Gasteiger partial charge < -0.3 is 0 Å². The normalized spacial score (nSPS) is 9.90. The van der Waals surface area contributed by atoms with E-state index in [0.717, 1.165) is 20.5 Å². The minimum absolute atomic E-state index is 0.589. The van der Waals surface area contributed by atoms with Crippen molar-refractivity contribution < 1.29 is 0 Å². The molecule has 0 atom stereocenters. The van der Waals surface area contributed by atoms with Gasteiger partial charge in [0.05, 0.1) is 9.92 Å². The summed E-state index contributed by atoms with van der Waals surface area (Å²) in [7, 11) is 6.58. The quantitative estimate of drug-likeness (QED) is 0.712. The van der Waals surface area contributed by atoms with Gasteiger partial charge in [0.15, 0.2) is 0 Å². The van der Waals surface area contributed by atoms with E-state index in [1.807, 2.05) is 0 Å². The first-order valence-electron chi connectivity index (χ1n) is 2.33. The number of rotatable bonds is 1. The Hall–Kier alpha value is 0.560. The number of nitrogens with zero attached hydrogens (tertiary/aromatic N) is 1. The Bertz CT molecular complexity index is 243. The van der Waals surface area contributed by atoms with Crippen LogP contribution in [0, 0.1) is 0 Å². The molecule has 0 aliphatic heterocycles. The van der Waals surface area contributed by atoms with Crippen molar-refractivity contribution >= 4 is 49.2 Å². The van der Waals surface area contributed by atoms with Crippen LogP contribution in [0.25, 0.3) is 0 Å². The number of halogens is 3. The van der Waals surface area contributed by atoms with Gasteiger partial charge in [-0.2, -0.15) is 0 Å². The van der Waals surface area contributed by atoms with Crippen molar-refractivity contribution in [1.82, 2.24) is 4.98 Å². The summed E-state index contributed by atoms with van der Waals surface area (Å²) in [5, 5.41) is 0.589. The zero-order valence-electron chi connectivity index (χ0n) is 4.64. The second-order valence-electron chi connectivity index (χ2n) is 1.52. The van der Waals surface area contributed by atoms with Crippen LogP contribution in [0.5, 0.6) is 0 Å². The second-order valence-corrected chi connectivity index (χ2v) is 3.76. The fourth-order valence-corrected chi connectivity index (χ4v) is 2.06. The summed E-state index contributed by atoms with van der Waals surface area (Å²) in [6.07, 6.45) is 1.56. The lowest BCUT2D eigenvalue weighted by atomic mass is 10.5. The average molecular weight is 259 g/mol. The van der Waals surface area contributed by atoms with Gasteiger partial charge >= 0.3 is 0 Å². The lowest BCUT2D eigenvalue weighted by Gasteiger charge is -1.96. The maximum atomic E-state index is 5.64. The average Bonchev–Trinajstić information content (AvgIpc) is 1.94. The maximum Gasteiger partial charge on any atom is 0.120 e. The van der Waals surface area contributed by atoms with Gasteiger partial charge in [0.2, 0.25) is 0 Å². The van der Waals surface area contributed by atoms with E-state index in [1.54, 1.807) is 12.3 Å². The fraction of sp³-hybridized carbons (Fsp3) is 0. The molecule has 0 N–H and O–H groups in total. The van der Waals surface area contributed by atoms with Crippen molar-refractivity contribution in [2.45, 2.75) is 4.90 Å². The molecule has 5 heteroatoms. The molecule has 0 spiro atoms. The molecule has 0 radical (unpaired) electrons. The predicted molar refractivity (Wildman–Crippen MR) is 48.7 cm³/mol. The monoisotopic (exact) mass is 257 g/mol. The maximum absolute atomic E-state index is 5.64. The van der Waals surface area contributed by atoms with Crippen molar-refractivity contribution in [3.8, 4) is 0 Å². The molecule has 0 unspecified atom stereocenters. The Morgan fingerprint density at radius 3 is 2.80 bits per heavy atom. The van der Waals surface area contributed by atoms with Crippen molar-refractivity contribution in [1.29, 1.82) is 0 Å². The lowest BCUT2D eigenvalue weighted by molar-refractivity contribution is 1.19. The predicted octanol–water partition coefficient (Wildman–Crippen LogP) is 3.74. The molecule has 0 aromatic carbocycles. The first-order chi connectivity index (χ1) is 4.74. The molecule has 0 aliphatic rings. The van der Waals surface area contributed by atoms with Crippen LogP contribution >= 0.6 is 49.2 Å². The molecule has 1 aromatic rings. The number of pyridine rings is 1. The SMILES string of the molecule is ClSc1cc(Cl)cnc1Br. The van der Waals surface area contributed by atoms with Gasteiger partial charge in [-0.05, 0) is 43.7 Å². The van der Waals surface area contributed by atoms with Crippen molar-refractivity contribution in [3.05, 3.63) is 21.9 Å². The van der Waals surface area contributed by atoms with Gasteiger partial charge in [0, 0.05) is 6.20 Å². The highest BCUT2D eigenvalue weighted by atomic mass is 79.9. The number of hydrogen-bond acceptors (Lipinski definition) is 2. The van der Waals surface area contributed by atoms with E-state index in [-0.39, 0.29) is 0 Å². The molecule has 0 bridgehead atoms. The van der Waals surface area contributed by atoms with Gasteiger partial charge in [0.1, 0.15) is 4.60 Å². The minimum atomic E-state index is 0.589. The molecule has 1 rings (SSSR count). The summed E-state index contributed by atoms with van der Waals surface area (Å²) in [5.41, 5.74) is 0. The van der Waals surface area contributed by atoms with Crippen molar-refractivity contribution in [2.24, 2.45) is 0 Å². The van der Waals surface area contributed by atoms with Crippen molar-refractivity contribution in [3.63, 3.8) is 0 Å². The lowest BCUT2D eigenvalue weighted by Crippen LogP contribution is -1.77. The van der Waals surface area contributed by atoms with Crippen molar-refractivity contribution in [2.75, 3.05) is 0 Å². The third-order valence-electron chi connectivity index (χ3n) is 0.857. The van der Waals surface area contributed by atoms with Gasteiger partial charge in [-0.1, -0.05) is 11.6 Å². The minimum Gasteiger partial charge on any atom is -0.247 e. The van der Waals surface area contributed by atoms with Gasteiger partial charge in [-0.15, -0.1) is 0 Å². The fourth-order valence-electron chi connectivity index (χ4n) is 0.458. The molecule has 0 amide bonds.